The summed E-state index contributed by atoms with van der Waals surface area (Å²) < 4.78 is 27.4. The Morgan fingerprint density at radius 3 is 2.40 bits per heavy atom. The van der Waals surface area contributed by atoms with E-state index in [1.54, 1.807) is 20.0 Å². The minimum atomic E-state index is -3.65. The maximum Gasteiger partial charge on any atom is 0.270 e. The SMILES string of the molecule is CNc1ccc([N+](=O)[O-])cc1C(=O)Nc1cc(S(=O)(=O)N2CCCCC2)ccc1C. The fraction of sp³-hybridized carbons (Fsp3) is 0.350. The lowest BCUT2D eigenvalue weighted by Crippen LogP contribution is -2.35. The number of sulfonamides is 1. The standard InChI is InChI=1S/C20H24N4O5S/c1-14-6-8-16(30(28,29)23-10-4-3-5-11-23)13-19(14)22-20(25)17-12-15(24(26)27)7-9-18(17)21-2/h6-9,12-13,21H,3-5,10-11H2,1-2H3,(H,22,25). The third-order valence-corrected chi connectivity index (χ3v) is 7.03. The molecule has 30 heavy (non-hydrogen) atoms. The minimum Gasteiger partial charge on any atom is -0.387 e. The molecule has 2 N–H and O–H groups in total. The van der Waals surface area contributed by atoms with Crippen molar-refractivity contribution in [1.29, 1.82) is 0 Å². The highest BCUT2D eigenvalue weighted by molar-refractivity contribution is 7.89. The maximum absolute atomic E-state index is 13.0. The third-order valence-electron chi connectivity index (χ3n) is 5.14. The summed E-state index contributed by atoms with van der Waals surface area (Å²) in [7, 11) is -2.05. The molecule has 1 heterocycles. The van der Waals surface area contributed by atoms with E-state index in [1.807, 2.05) is 0 Å². The lowest BCUT2D eigenvalue weighted by molar-refractivity contribution is -0.384. The van der Waals surface area contributed by atoms with Crippen LogP contribution in [0.15, 0.2) is 41.3 Å². The van der Waals surface area contributed by atoms with E-state index in [9.17, 15) is 23.3 Å². The van der Waals surface area contributed by atoms with E-state index in [4.69, 9.17) is 0 Å². The predicted molar refractivity (Wildman–Crippen MR) is 114 cm³/mol. The van der Waals surface area contributed by atoms with Crippen molar-refractivity contribution in [1.82, 2.24) is 4.31 Å². The molecule has 0 aromatic heterocycles. The van der Waals surface area contributed by atoms with Crippen LogP contribution < -0.4 is 10.6 Å². The van der Waals surface area contributed by atoms with E-state index in [-0.39, 0.29) is 16.1 Å². The fourth-order valence-electron chi connectivity index (χ4n) is 3.39. The minimum absolute atomic E-state index is 0.0930. The molecule has 0 radical (unpaired) electrons. The molecular formula is C20H24N4O5S. The first-order chi connectivity index (χ1) is 14.2. The van der Waals surface area contributed by atoms with Gasteiger partial charge < -0.3 is 10.6 Å². The van der Waals surface area contributed by atoms with Crippen LogP contribution in [0.2, 0.25) is 0 Å². The molecule has 0 aliphatic carbocycles. The summed E-state index contributed by atoms with van der Waals surface area (Å²) in [6.07, 6.45) is 2.67. The lowest BCUT2D eigenvalue weighted by Gasteiger charge is -2.26. The number of hydrogen-bond acceptors (Lipinski definition) is 6. The maximum atomic E-state index is 13.0. The van der Waals surface area contributed by atoms with E-state index in [2.05, 4.69) is 10.6 Å². The average Bonchev–Trinajstić information content (AvgIpc) is 2.75. The van der Waals surface area contributed by atoms with Gasteiger partial charge in [0.25, 0.3) is 11.6 Å². The van der Waals surface area contributed by atoms with Gasteiger partial charge in [-0.05, 0) is 43.5 Å². The summed E-state index contributed by atoms with van der Waals surface area (Å²) >= 11 is 0. The van der Waals surface area contributed by atoms with Gasteiger partial charge in [0.15, 0.2) is 0 Å². The van der Waals surface area contributed by atoms with Crippen molar-refractivity contribution in [2.75, 3.05) is 30.8 Å². The van der Waals surface area contributed by atoms with E-state index in [0.29, 0.717) is 30.0 Å². The number of nitrogens with one attached hydrogen (secondary N) is 2. The molecule has 10 heteroatoms. The number of carbonyl (C=O) groups is 1. The summed E-state index contributed by atoms with van der Waals surface area (Å²) in [6, 6.07) is 8.55. The highest BCUT2D eigenvalue weighted by Crippen LogP contribution is 2.27. The molecule has 160 valence electrons. The Kier molecular flexibility index (Phi) is 6.37. The first kappa shape index (κ1) is 21.7. The van der Waals surface area contributed by atoms with Gasteiger partial charge in [0.1, 0.15) is 0 Å². The van der Waals surface area contributed by atoms with Crippen molar-refractivity contribution >= 4 is 33.0 Å². The van der Waals surface area contributed by atoms with Crippen molar-refractivity contribution in [3.8, 4) is 0 Å². The average molecular weight is 433 g/mol. The van der Waals surface area contributed by atoms with E-state index < -0.39 is 20.9 Å². The topological polar surface area (TPSA) is 122 Å². The predicted octanol–water partition coefficient (Wildman–Crippen LogP) is 3.37. The van der Waals surface area contributed by atoms with E-state index in [1.165, 1.54) is 34.6 Å². The number of nitrogens with zero attached hydrogens (tertiary/aromatic N) is 2. The van der Waals surface area contributed by atoms with Crippen molar-refractivity contribution in [3.05, 3.63) is 57.6 Å². The second-order valence-corrected chi connectivity index (χ2v) is 9.07. The number of carbonyl (C=O) groups excluding carboxylic acids is 1. The zero-order valence-electron chi connectivity index (χ0n) is 16.8. The molecule has 0 spiro atoms. The Labute approximate surface area is 175 Å². The highest BCUT2D eigenvalue weighted by atomic mass is 32.2. The molecule has 0 unspecified atom stereocenters. The molecule has 1 fully saturated rings. The first-order valence-electron chi connectivity index (χ1n) is 9.62. The second kappa shape index (κ2) is 8.80. The van der Waals surface area contributed by atoms with Crippen LogP contribution in [0.5, 0.6) is 0 Å². The summed E-state index contributed by atoms with van der Waals surface area (Å²) in [4.78, 5) is 23.5. The molecule has 1 saturated heterocycles. The molecule has 3 rings (SSSR count). The zero-order valence-corrected chi connectivity index (χ0v) is 17.7. The summed E-state index contributed by atoms with van der Waals surface area (Å²) in [5, 5.41) is 16.6. The van der Waals surface area contributed by atoms with Gasteiger partial charge in [0, 0.05) is 43.6 Å². The Morgan fingerprint density at radius 1 is 1.07 bits per heavy atom. The number of piperidine rings is 1. The molecule has 9 nitrogen and oxygen atoms in total. The van der Waals surface area contributed by atoms with Crippen molar-refractivity contribution in [3.63, 3.8) is 0 Å². The van der Waals surface area contributed by atoms with Crippen molar-refractivity contribution in [2.24, 2.45) is 0 Å². The molecule has 2 aromatic carbocycles. The molecule has 2 aromatic rings. The van der Waals surface area contributed by atoms with Crippen LogP contribution in [0.4, 0.5) is 17.1 Å². The number of rotatable bonds is 6. The van der Waals surface area contributed by atoms with Gasteiger partial charge in [0.2, 0.25) is 10.0 Å². The molecule has 0 saturated carbocycles. The van der Waals surface area contributed by atoms with Crippen LogP contribution in [0.3, 0.4) is 0 Å². The number of nitro groups is 1. The number of non-ortho nitro benzene ring substituents is 1. The third kappa shape index (κ3) is 4.44. The van der Waals surface area contributed by atoms with Crippen LogP contribution >= 0.6 is 0 Å². The van der Waals surface area contributed by atoms with Crippen LogP contribution in [0, 0.1) is 17.0 Å². The molecule has 1 aliphatic rings. The van der Waals surface area contributed by atoms with Crippen molar-refractivity contribution in [2.45, 2.75) is 31.1 Å². The van der Waals surface area contributed by atoms with Gasteiger partial charge in [0.05, 0.1) is 15.4 Å². The van der Waals surface area contributed by atoms with Gasteiger partial charge in [-0.1, -0.05) is 12.5 Å². The Bertz CT molecular complexity index is 1080. The zero-order chi connectivity index (χ0) is 21.9. The molecule has 0 atom stereocenters. The van der Waals surface area contributed by atoms with Gasteiger partial charge in [-0.2, -0.15) is 4.31 Å². The monoisotopic (exact) mass is 432 g/mol. The molecule has 1 amide bonds. The quantitative estimate of drug-likeness (QED) is 0.533. The smallest absolute Gasteiger partial charge is 0.270 e. The lowest BCUT2D eigenvalue weighted by atomic mass is 10.1. The van der Waals surface area contributed by atoms with Crippen LogP contribution in [-0.2, 0) is 10.0 Å². The summed E-state index contributed by atoms with van der Waals surface area (Å²) in [5.41, 5.74) is 1.32. The van der Waals surface area contributed by atoms with Gasteiger partial charge in [-0.15, -0.1) is 0 Å². The Morgan fingerprint density at radius 2 is 1.77 bits per heavy atom. The summed E-state index contributed by atoms with van der Waals surface area (Å²) in [6.45, 7) is 2.72. The highest BCUT2D eigenvalue weighted by Gasteiger charge is 2.26. The number of benzene rings is 2. The van der Waals surface area contributed by atoms with Crippen LogP contribution in [0.1, 0.15) is 35.2 Å². The molecule has 0 bridgehead atoms. The first-order valence-corrected chi connectivity index (χ1v) is 11.1. The number of amides is 1. The molecule has 1 aliphatic heterocycles. The van der Waals surface area contributed by atoms with Crippen molar-refractivity contribution < 1.29 is 18.1 Å². The van der Waals surface area contributed by atoms with Crippen LogP contribution in [-0.4, -0.2) is 43.7 Å². The van der Waals surface area contributed by atoms with Gasteiger partial charge in [-0.3, -0.25) is 14.9 Å². The normalized spacial score (nSPS) is 14.9. The van der Waals surface area contributed by atoms with Gasteiger partial charge in [-0.25, -0.2) is 8.42 Å². The number of anilines is 2. The molecular weight excluding hydrogens is 408 g/mol. The summed E-state index contributed by atoms with van der Waals surface area (Å²) in [5.74, 6) is -0.571. The Hall–Kier alpha value is -2.98. The number of nitro benzene ring substituents is 1. The van der Waals surface area contributed by atoms with E-state index >= 15 is 0 Å². The fourth-order valence-corrected chi connectivity index (χ4v) is 4.94. The number of aryl methyl sites for hydroxylation is 1. The van der Waals surface area contributed by atoms with E-state index in [0.717, 1.165) is 19.3 Å². The van der Waals surface area contributed by atoms with Crippen LogP contribution in [0.25, 0.3) is 0 Å². The Balaban J connectivity index is 1.92. The van der Waals surface area contributed by atoms with Gasteiger partial charge >= 0.3 is 0 Å². The largest absolute Gasteiger partial charge is 0.387 e. The second-order valence-electron chi connectivity index (χ2n) is 7.13. The number of hydrogen-bond donors (Lipinski definition) is 2.